The van der Waals surface area contributed by atoms with Crippen LogP contribution in [0.2, 0.25) is 0 Å². The molecule has 4 nitrogen and oxygen atoms in total. The molecule has 1 aliphatic rings. The predicted octanol–water partition coefficient (Wildman–Crippen LogP) is 0.610. The van der Waals surface area contributed by atoms with Crippen molar-refractivity contribution in [3.05, 3.63) is 12.7 Å². The third-order valence-corrected chi connectivity index (χ3v) is 3.23. The smallest absolute Gasteiger partial charge is 0.234 e. The van der Waals surface area contributed by atoms with Gasteiger partial charge in [0.25, 0.3) is 0 Å². The van der Waals surface area contributed by atoms with Crippen molar-refractivity contribution in [2.45, 2.75) is 19.8 Å². The second-order valence-electron chi connectivity index (χ2n) is 4.61. The minimum Gasteiger partial charge on any atom is -0.352 e. The van der Waals surface area contributed by atoms with E-state index >= 15 is 0 Å². The molecule has 0 radical (unpaired) electrons. The normalized spacial score (nSPS) is 17.1. The molecule has 4 heteroatoms. The summed E-state index contributed by atoms with van der Waals surface area (Å²) in [6.45, 7) is 11.0. The molecule has 1 amide bonds. The van der Waals surface area contributed by atoms with Gasteiger partial charge in [-0.1, -0.05) is 13.0 Å². The summed E-state index contributed by atoms with van der Waals surface area (Å²) in [6.07, 6.45) is 4.16. The van der Waals surface area contributed by atoms with E-state index in [-0.39, 0.29) is 5.91 Å². The Morgan fingerprint density at radius 3 is 2.82 bits per heavy atom. The lowest BCUT2D eigenvalue weighted by molar-refractivity contribution is -0.122. The van der Waals surface area contributed by atoms with Crippen LogP contribution < -0.4 is 10.6 Å². The van der Waals surface area contributed by atoms with E-state index in [1.165, 1.54) is 12.8 Å². The van der Waals surface area contributed by atoms with Gasteiger partial charge in [0, 0.05) is 13.1 Å². The van der Waals surface area contributed by atoms with Crippen LogP contribution in [-0.2, 0) is 4.79 Å². The lowest BCUT2D eigenvalue weighted by Gasteiger charge is -2.28. The number of amides is 1. The molecule has 0 bridgehead atoms. The first-order valence-electron chi connectivity index (χ1n) is 6.57. The summed E-state index contributed by atoms with van der Waals surface area (Å²) in [5, 5.41) is 6.19. The topological polar surface area (TPSA) is 44.4 Å². The van der Waals surface area contributed by atoms with Crippen LogP contribution >= 0.6 is 0 Å². The lowest BCUT2D eigenvalue weighted by Crippen LogP contribution is -2.41. The Kier molecular flexibility index (Phi) is 6.89. The quantitative estimate of drug-likeness (QED) is 0.640. The van der Waals surface area contributed by atoms with Gasteiger partial charge in [0.2, 0.25) is 5.91 Å². The number of nitrogens with zero attached hydrogens (tertiary/aromatic N) is 1. The molecular weight excluding hydrogens is 214 g/mol. The summed E-state index contributed by atoms with van der Waals surface area (Å²) in [7, 11) is 0. The number of piperidine rings is 1. The summed E-state index contributed by atoms with van der Waals surface area (Å²) in [6, 6.07) is 0. The fourth-order valence-electron chi connectivity index (χ4n) is 2.18. The zero-order valence-corrected chi connectivity index (χ0v) is 10.9. The van der Waals surface area contributed by atoms with E-state index in [0.29, 0.717) is 13.1 Å². The van der Waals surface area contributed by atoms with Crippen LogP contribution in [0.1, 0.15) is 19.8 Å². The Morgan fingerprint density at radius 2 is 2.24 bits per heavy atom. The van der Waals surface area contributed by atoms with Gasteiger partial charge in [-0.25, -0.2) is 0 Å². The molecule has 0 atom stereocenters. The molecule has 1 fully saturated rings. The minimum atomic E-state index is 0.0979. The Hall–Kier alpha value is -0.870. The number of hydrogen-bond donors (Lipinski definition) is 2. The summed E-state index contributed by atoms with van der Waals surface area (Å²) >= 11 is 0. The summed E-state index contributed by atoms with van der Waals surface area (Å²) in [5.74, 6) is 0.837. The van der Waals surface area contributed by atoms with Crippen LogP contribution in [0, 0.1) is 5.92 Å². The Bertz CT molecular complexity index is 237. The van der Waals surface area contributed by atoms with Gasteiger partial charge < -0.3 is 10.6 Å². The zero-order valence-electron chi connectivity index (χ0n) is 10.9. The van der Waals surface area contributed by atoms with Crippen molar-refractivity contribution in [1.82, 2.24) is 15.5 Å². The second-order valence-corrected chi connectivity index (χ2v) is 4.61. The first-order chi connectivity index (χ1) is 8.26. The van der Waals surface area contributed by atoms with Crippen LogP contribution in [0.15, 0.2) is 12.7 Å². The summed E-state index contributed by atoms with van der Waals surface area (Å²) in [5.41, 5.74) is 0. The maximum absolute atomic E-state index is 11.6. The Balaban J connectivity index is 2.26. The van der Waals surface area contributed by atoms with Crippen molar-refractivity contribution in [2.24, 2.45) is 5.92 Å². The van der Waals surface area contributed by atoms with Gasteiger partial charge >= 0.3 is 0 Å². The van der Waals surface area contributed by atoms with Gasteiger partial charge in [0.1, 0.15) is 0 Å². The fourth-order valence-corrected chi connectivity index (χ4v) is 2.18. The molecule has 1 aliphatic heterocycles. The highest BCUT2D eigenvalue weighted by Gasteiger charge is 2.17. The van der Waals surface area contributed by atoms with Gasteiger partial charge in [-0.15, -0.1) is 6.58 Å². The molecule has 1 rings (SSSR count). The average molecular weight is 239 g/mol. The van der Waals surface area contributed by atoms with Gasteiger partial charge in [-0.3, -0.25) is 9.69 Å². The van der Waals surface area contributed by atoms with Crippen LogP contribution in [0.4, 0.5) is 0 Å². The maximum atomic E-state index is 11.6. The molecular formula is C13H25N3O. The molecule has 0 aromatic rings. The molecule has 2 N–H and O–H groups in total. The van der Waals surface area contributed by atoms with Crippen molar-refractivity contribution in [3.63, 3.8) is 0 Å². The monoisotopic (exact) mass is 239 g/mol. The van der Waals surface area contributed by atoms with E-state index in [4.69, 9.17) is 0 Å². The first-order valence-corrected chi connectivity index (χ1v) is 6.57. The second kappa shape index (κ2) is 8.25. The predicted molar refractivity (Wildman–Crippen MR) is 70.9 cm³/mol. The number of likely N-dealkylation sites (N-methyl/N-ethyl adjacent to an activating group) is 1. The minimum absolute atomic E-state index is 0.0979. The van der Waals surface area contributed by atoms with Gasteiger partial charge in [-0.05, 0) is 38.4 Å². The zero-order chi connectivity index (χ0) is 12.5. The Labute approximate surface area is 104 Å². The molecule has 0 unspecified atom stereocenters. The molecule has 1 heterocycles. The molecule has 17 heavy (non-hydrogen) atoms. The van der Waals surface area contributed by atoms with E-state index in [1.54, 1.807) is 6.08 Å². The third-order valence-electron chi connectivity index (χ3n) is 3.23. The summed E-state index contributed by atoms with van der Waals surface area (Å²) in [4.78, 5) is 13.8. The molecule has 0 aliphatic carbocycles. The number of nitrogens with one attached hydrogen (secondary N) is 2. The van der Waals surface area contributed by atoms with E-state index in [1.807, 2.05) is 0 Å². The van der Waals surface area contributed by atoms with E-state index in [2.05, 4.69) is 29.0 Å². The lowest BCUT2D eigenvalue weighted by atomic mass is 9.97. The highest BCUT2D eigenvalue weighted by Crippen LogP contribution is 2.12. The maximum Gasteiger partial charge on any atom is 0.234 e. The third kappa shape index (κ3) is 5.84. The average Bonchev–Trinajstić information content (AvgIpc) is 2.36. The fraction of sp³-hybridized carbons (Fsp3) is 0.769. The summed E-state index contributed by atoms with van der Waals surface area (Å²) < 4.78 is 0. The van der Waals surface area contributed by atoms with Crippen molar-refractivity contribution in [1.29, 1.82) is 0 Å². The Morgan fingerprint density at radius 1 is 1.53 bits per heavy atom. The number of hydrogen-bond acceptors (Lipinski definition) is 3. The SMILES string of the molecule is C=CCNC(=O)CN(CC)CC1CCNCC1. The van der Waals surface area contributed by atoms with E-state index < -0.39 is 0 Å². The molecule has 0 aromatic carbocycles. The molecule has 98 valence electrons. The van der Waals surface area contributed by atoms with Crippen molar-refractivity contribution in [3.8, 4) is 0 Å². The molecule has 0 aromatic heterocycles. The van der Waals surface area contributed by atoms with Crippen molar-refractivity contribution >= 4 is 5.91 Å². The highest BCUT2D eigenvalue weighted by molar-refractivity contribution is 5.78. The van der Waals surface area contributed by atoms with Gasteiger partial charge in [0.15, 0.2) is 0 Å². The van der Waals surface area contributed by atoms with E-state index in [0.717, 1.165) is 32.1 Å². The first kappa shape index (κ1) is 14.2. The standard InChI is InChI=1S/C13H25N3O/c1-3-7-15-13(17)11-16(4-2)10-12-5-8-14-9-6-12/h3,12,14H,1,4-11H2,2H3,(H,15,17). The van der Waals surface area contributed by atoms with Crippen molar-refractivity contribution < 1.29 is 4.79 Å². The van der Waals surface area contributed by atoms with Crippen LogP contribution in [0.3, 0.4) is 0 Å². The number of rotatable bonds is 7. The van der Waals surface area contributed by atoms with Gasteiger partial charge in [0.05, 0.1) is 6.54 Å². The largest absolute Gasteiger partial charge is 0.352 e. The number of carbonyl (C=O) groups is 1. The van der Waals surface area contributed by atoms with Crippen LogP contribution in [0.25, 0.3) is 0 Å². The van der Waals surface area contributed by atoms with Crippen LogP contribution in [-0.4, -0.2) is 50.1 Å². The highest BCUT2D eigenvalue weighted by atomic mass is 16.2. The van der Waals surface area contributed by atoms with Crippen molar-refractivity contribution in [2.75, 3.05) is 39.3 Å². The molecule has 0 spiro atoms. The van der Waals surface area contributed by atoms with Gasteiger partial charge in [-0.2, -0.15) is 0 Å². The van der Waals surface area contributed by atoms with Crippen LogP contribution in [0.5, 0.6) is 0 Å². The molecule has 1 saturated heterocycles. The number of carbonyl (C=O) groups excluding carboxylic acids is 1. The van der Waals surface area contributed by atoms with E-state index in [9.17, 15) is 4.79 Å². The molecule has 0 saturated carbocycles.